The minimum Gasteiger partial charge on any atom is -0.504 e. The van der Waals surface area contributed by atoms with Crippen LogP contribution >= 0.6 is 0 Å². The largest absolute Gasteiger partial charge is 0.504 e. The number of nitrogens with zero attached hydrogens (tertiary/aromatic N) is 2. The molecule has 3 aromatic carbocycles. The van der Waals surface area contributed by atoms with Crippen LogP contribution in [0.4, 0.5) is 5.69 Å². The molecule has 0 saturated heterocycles. The number of methoxy groups -OCH3 is 1. The third kappa shape index (κ3) is 3.22. The molecule has 0 bridgehead atoms. The molecule has 4 aromatic rings. The number of hydrogen-bond acceptors (Lipinski definition) is 5. The van der Waals surface area contributed by atoms with Crippen LogP contribution in [0, 0.1) is 13.8 Å². The molecule has 1 N–H and O–H groups in total. The molecular formula is C23H20N2O3. The molecule has 1 heterocycles. The first-order valence-electron chi connectivity index (χ1n) is 8.94. The normalized spacial score (nSPS) is 11.4. The van der Waals surface area contributed by atoms with Gasteiger partial charge in [0.15, 0.2) is 17.1 Å². The zero-order valence-corrected chi connectivity index (χ0v) is 15.9. The molecule has 0 saturated carbocycles. The van der Waals surface area contributed by atoms with Crippen molar-refractivity contribution in [3.63, 3.8) is 0 Å². The zero-order chi connectivity index (χ0) is 19.7. The van der Waals surface area contributed by atoms with Crippen LogP contribution in [0.3, 0.4) is 0 Å². The Morgan fingerprint density at radius 2 is 1.86 bits per heavy atom. The molecule has 0 aliphatic carbocycles. The number of para-hydroxylation sites is 2. The van der Waals surface area contributed by atoms with Gasteiger partial charge in [-0.25, -0.2) is 4.98 Å². The molecule has 1 aromatic heterocycles. The third-order valence-electron chi connectivity index (χ3n) is 4.67. The second-order valence-electron chi connectivity index (χ2n) is 6.60. The number of fused-ring (bicyclic) bond motifs is 1. The molecule has 28 heavy (non-hydrogen) atoms. The summed E-state index contributed by atoms with van der Waals surface area (Å²) in [6, 6.07) is 17.1. The number of aromatic nitrogens is 1. The average Bonchev–Trinajstić information content (AvgIpc) is 3.14. The molecule has 5 heteroatoms. The van der Waals surface area contributed by atoms with Crippen molar-refractivity contribution < 1.29 is 14.3 Å². The summed E-state index contributed by atoms with van der Waals surface area (Å²) >= 11 is 0. The Hall–Kier alpha value is -3.60. The van der Waals surface area contributed by atoms with Crippen molar-refractivity contribution in [2.45, 2.75) is 13.8 Å². The summed E-state index contributed by atoms with van der Waals surface area (Å²) in [5, 5.41) is 10.2. The second kappa shape index (κ2) is 7.19. The molecule has 0 aliphatic heterocycles. The molecule has 0 atom stereocenters. The van der Waals surface area contributed by atoms with Gasteiger partial charge in [0.05, 0.1) is 12.8 Å². The molecular weight excluding hydrogens is 352 g/mol. The van der Waals surface area contributed by atoms with Crippen LogP contribution in [-0.4, -0.2) is 23.4 Å². The summed E-state index contributed by atoms with van der Waals surface area (Å²) < 4.78 is 11.1. The number of benzene rings is 3. The van der Waals surface area contributed by atoms with Crippen molar-refractivity contribution in [2.24, 2.45) is 4.99 Å². The van der Waals surface area contributed by atoms with Crippen molar-refractivity contribution in [1.29, 1.82) is 0 Å². The van der Waals surface area contributed by atoms with Crippen LogP contribution in [-0.2, 0) is 0 Å². The van der Waals surface area contributed by atoms with Crippen molar-refractivity contribution in [3.8, 4) is 23.0 Å². The summed E-state index contributed by atoms with van der Waals surface area (Å²) in [5.41, 5.74) is 5.93. The van der Waals surface area contributed by atoms with E-state index < -0.39 is 0 Å². The Labute approximate surface area is 163 Å². The van der Waals surface area contributed by atoms with Crippen molar-refractivity contribution >= 4 is 23.0 Å². The Balaban J connectivity index is 1.72. The average molecular weight is 372 g/mol. The van der Waals surface area contributed by atoms with Gasteiger partial charge in [-0.3, -0.25) is 4.99 Å². The number of phenols is 1. The van der Waals surface area contributed by atoms with E-state index in [9.17, 15) is 5.11 Å². The summed E-state index contributed by atoms with van der Waals surface area (Å²) in [6.07, 6.45) is 1.63. The Morgan fingerprint density at radius 3 is 2.64 bits per heavy atom. The predicted octanol–water partition coefficient (Wildman–Crippen LogP) is 5.58. The van der Waals surface area contributed by atoms with E-state index >= 15 is 0 Å². The summed E-state index contributed by atoms with van der Waals surface area (Å²) in [6.45, 7) is 4.00. The van der Waals surface area contributed by atoms with Crippen LogP contribution in [0.25, 0.3) is 22.6 Å². The molecule has 0 fully saturated rings. The van der Waals surface area contributed by atoms with E-state index in [1.165, 1.54) is 7.11 Å². The second-order valence-corrected chi connectivity index (χ2v) is 6.60. The number of rotatable bonds is 4. The van der Waals surface area contributed by atoms with Crippen LogP contribution < -0.4 is 4.74 Å². The molecule has 0 amide bonds. The van der Waals surface area contributed by atoms with Gasteiger partial charge < -0.3 is 14.3 Å². The molecule has 0 radical (unpaired) electrons. The Kier molecular flexibility index (Phi) is 4.57. The maximum absolute atomic E-state index is 10.2. The van der Waals surface area contributed by atoms with Crippen molar-refractivity contribution in [3.05, 3.63) is 71.3 Å². The fraction of sp³-hybridized carbons (Fsp3) is 0.130. The monoisotopic (exact) mass is 372 g/mol. The van der Waals surface area contributed by atoms with E-state index in [1.807, 2.05) is 56.3 Å². The fourth-order valence-corrected chi connectivity index (χ4v) is 3.04. The van der Waals surface area contributed by atoms with Gasteiger partial charge in [-0.05, 0) is 55.3 Å². The van der Waals surface area contributed by atoms with Crippen molar-refractivity contribution in [2.75, 3.05) is 7.11 Å². The number of oxazole rings is 1. The standard InChI is InChI=1S/C23H20N2O3/c1-14-10-11-16(23-25-21-15(2)6-4-8-19(21)28-23)12-18(14)24-13-17-7-5-9-20(27-3)22(17)26/h4-13,26H,1-3H3. The molecule has 0 spiro atoms. The zero-order valence-electron chi connectivity index (χ0n) is 15.9. The van der Waals surface area contributed by atoms with Gasteiger partial charge >= 0.3 is 0 Å². The van der Waals surface area contributed by atoms with Gasteiger partial charge in [0.2, 0.25) is 5.89 Å². The highest BCUT2D eigenvalue weighted by Gasteiger charge is 2.11. The van der Waals surface area contributed by atoms with Crippen molar-refractivity contribution in [1.82, 2.24) is 4.98 Å². The van der Waals surface area contributed by atoms with E-state index in [2.05, 4.69) is 9.98 Å². The van der Waals surface area contributed by atoms with E-state index in [0.29, 0.717) is 17.2 Å². The van der Waals surface area contributed by atoms with Gasteiger partial charge in [-0.1, -0.05) is 24.3 Å². The maximum Gasteiger partial charge on any atom is 0.227 e. The van der Waals surface area contributed by atoms with Crippen LogP contribution in [0.15, 0.2) is 64.0 Å². The molecule has 0 unspecified atom stereocenters. The lowest BCUT2D eigenvalue weighted by Crippen LogP contribution is -1.88. The SMILES string of the molecule is COc1cccc(C=Nc2cc(-c3nc4c(C)cccc4o3)ccc2C)c1O. The minimum atomic E-state index is 0.0667. The summed E-state index contributed by atoms with van der Waals surface area (Å²) in [7, 11) is 1.52. The molecule has 4 rings (SSSR count). The van der Waals surface area contributed by atoms with Crippen LogP contribution in [0.5, 0.6) is 11.5 Å². The smallest absolute Gasteiger partial charge is 0.227 e. The highest BCUT2D eigenvalue weighted by molar-refractivity contribution is 5.87. The lowest BCUT2D eigenvalue weighted by atomic mass is 10.1. The lowest BCUT2D eigenvalue weighted by molar-refractivity contribution is 0.373. The molecule has 5 nitrogen and oxygen atoms in total. The first-order valence-corrected chi connectivity index (χ1v) is 8.94. The predicted molar refractivity (Wildman–Crippen MR) is 111 cm³/mol. The highest BCUT2D eigenvalue weighted by atomic mass is 16.5. The van der Waals surface area contributed by atoms with Gasteiger partial charge in [0, 0.05) is 17.3 Å². The lowest BCUT2D eigenvalue weighted by Gasteiger charge is -2.06. The molecule has 0 aliphatic rings. The van der Waals surface area contributed by atoms with Crippen LogP contribution in [0.1, 0.15) is 16.7 Å². The summed E-state index contributed by atoms with van der Waals surface area (Å²) in [4.78, 5) is 9.19. The first kappa shape index (κ1) is 17.8. The third-order valence-corrected chi connectivity index (χ3v) is 4.67. The van der Waals surface area contributed by atoms with Crippen LogP contribution in [0.2, 0.25) is 0 Å². The van der Waals surface area contributed by atoms with E-state index in [0.717, 1.165) is 33.5 Å². The van der Waals surface area contributed by atoms with E-state index in [4.69, 9.17) is 9.15 Å². The Morgan fingerprint density at radius 1 is 1.04 bits per heavy atom. The van der Waals surface area contributed by atoms with Gasteiger partial charge in [0.1, 0.15) is 5.52 Å². The number of phenolic OH excluding ortho intramolecular Hbond substituents is 1. The van der Waals surface area contributed by atoms with E-state index in [-0.39, 0.29) is 5.75 Å². The van der Waals surface area contributed by atoms with E-state index in [1.54, 1.807) is 18.3 Å². The number of ether oxygens (including phenoxy) is 1. The number of aromatic hydroxyl groups is 1. The first-order chi connectivity index (χ1) is 13.6. The van der Waals surface area contributed by atoms with Gasteiger partial charge in [-0.15, -0.1) is 0 Å². The fourth-order valence-electron chi connectivity index (χ4n) is 3.04. The molecule has 140 valence electrons. The minimum absolute atomic E-state index is 0.0667. The maximum atomic E-state index is 10.2. The number of hydrogen-bond donors (Lipinski definition) is 1. The van der Waals surface area contributed by atoms with Gasteiger partial charge in [0.25, 0.3) is 0 Å². The highest BCUT2D eigenvalue weighted by Crippen LogP contribution is 2.31. The topological polar surface area (TPSA) is 67.9 Å². The summed E-state index contributed by atoms with van der Waals surface area (Å²) in [5.74, 6) is 1.04. The number of aliphatic imine (C=N–C) groups is 1. The Bertz CT molecular complexity index is 1190. The number of aryl methyl sites for hydroxylation is 2. The van der Waals surface area contributed by atoms with Gasteiger partial charge in [-0.2, -0.15) is 0 Å². The quantitative estimate of drug-likeness (QED) is 0.475.